The van der Waals surface area contributed by atoms with Crippen molar-refractivity contribution in [2.45, 2.75) is 40.3 Å². The molecule has 0 radical (unpaired) electrons. The normalized spacial score (nSPS) is 11.2. The lowest BCUT2D eigenvalue weighted by molar-refractivity contribution is -0.138. The second-order valence-electron chi connectivity index (χ2n) is 4.82. The molecule has 1 rings (SSSR count). The number of carboxylic acid groups (broad SMARTS) is 1. The van der Waals surface area contributed by atoms with Gasteiger partial charge in [0, 0.05) is 12.6 Å². The molecule has 1 aromatic rings. The minimum absolute atomic E-state index is 0.0883. The fraction of sp³-hybridized carbons (Fsp3) is 0.500. The summed E-state index contributed by atoms with van der Waals surface area (Å²) in [6.45, 7) is 8.95. The number of benzene rings is 1. The first kappa shape index (κ1) is 13.7. The molecule has 0 bridgehead atoms. The van der Waals surface area contributed by atoms with Gasteiger partial charge in [-0.25, -0.2) is 0 Å². The van der Waals surface area contributed by atoms with Crippen LogP contribution in [-0.4, -0.2) is 28.6 Å². The van der Waals surface area contributed by atoms with Crippen molar-refractivity contribution in [3.63, 3.8) is 0 Å². The molecule has 17 heavy (non-hydrogen) atoms. The number of rotatable bonds is 5. The number of hydrogen-bond donors (Lipinski definition) is 1. The number of carbonyl (C=O) groups is 1. The Bertz CT molecular complexity index is 399. The Morgan fingerprint density at radius 1 is 1.35 bits per heavy atom. The van der Waals surface area contributed by atoms with Crippen molar-refractivity contribution in [1.29, 1.82) is 0 Å². The lowest BCUT2D eigenvalue weighted by Gasteiger charge is -2.25. The molecule has 0 saturated carbocycles. The maximum absolute atomic E-state index is 10.8. The highest BCUT2D eigenvalue weighted by atomic mass is 16.4. The van der Waals surface area contributed by atoms with E-state index in [0.717, 1.165) is 0 Å². The zero-order valence-corrected chi connectivity index (χ0v) is 11.0. The molecule has 0 fully saturated rings. The van der Waals surface area contributed by atoms with Crippen molar-refractivity contribution in [3.05, 3.63) is 34.9 Å². The molecule has 3 nitrogen and oxygen atoms in total. The van der Waals surface area contributed by atoms with Gasteiger partial charge in [0.2, 0.25) is 0 Å². The van der Waals surface area contributed by atoms with Gasteiger partial charge in [-0.1, -0.05) is 23.8 Å². The molecule has 0 aromatic heterocycles. The summed E-state index contributed by atoms with van der Waals surface area (Å²) in [5.74, 6) is -0.775. The molecular formula is C14H21NO2. The van der Waals surface area contributed by atoms with Crippen molar-refractivity contribution in [3.8, 4) is 0 Å². The Labute approximate surface area is 103 Å². The molecular weight excluding hydrogens is 214 g/mol. The van der Waals surface area contributed by atoms with Crippen molar-refractivity contribution in [1.82, 2.24) is 4.90 Å². The maximum atomic E-state index is 10.8. The highest BCUT2D eigenvalue weighted by Crippen LogP contribution is 2.14. The van der Waals surface area contributed by atoms with E-state index >= 15 is 0 Å². The number of nitrogens with zero attached hydrogens (tertiary/aromatic N) is 1. The molecule has 94 valence electrons. The smallest absolute Gasteiger partial charge is 0.317 e. The van der Waals surface area contributed by atoms with Gasteiger partial charge in [-0.05, 0) is 38.8 Å². The molecule has 0 aliphatic rings. The summed E-state index contributed by atoms with van der Waals surface area (Å²) >= 11 is 0. The minimum Gasteiger partial charge on any atom is -0.480 e. The van der Waals surface area contributed by atoms with E-state index in [1.807, 2.05) is 18.7 Å². The van der Waals surface area contributed by atoms with Crippen LogP contribution in [0.3, 0.4) is 0 Å². The van der Waals surface area contributed by atoms with Crippen LogP contribution in [0.15, 0.2) is 18.2 Å². The van der Waals surface area contributed by atoms with Crippen LogP contribution < -0.4 is 0 Å². The third-order valence-electron chi connectivity index (χ3n) is 2.94. The van der Waals surface area contributed by atoms with Gasteiger partial charge in [-0.3, -0.25) is 9.69 Å². The van der Waals surface area contributed by atoms with Crippen LogP contribution in [0.1, 0.15) is 30.5 Å². The van der Waals surface area contributed by atoms with E-state index in [1.54, 1.807) is 0 Å². The average Bonchev–Trinajstić information content (AvgIpc) is 2.19. The third-order valence-corrected chi connectivity index (χ3v) is 2.94. The first-order valence-electron chi connectivity index (χ1n) is 5.92. The Morgan fingerprint density at radius 2 is 2.00 bits per heavy atom. The van der Waals surface area contributed by atoms with Crippen LogP contribution in [0, 0.1) is 13.8 Å². The lowest BCUT2D eigenvalue weighted by Crippen LogP contribution is -2.35. The Balaban J connectivity index is 2.82. The van der Waals surface area contributed by atoms with Crippen LogP contribution in [0.2, 0.25) is 0 Å². The minimum atomic E-state index is -0.775. The van der Waals surface area contributed by atoms with E-state index in [-0.39, 0.29) is 12.6 Å². The summed E-state index contributed by atoms with van der Waals surface area (Å²) < 4.78 is 0. The zero-order valence-electron chi connectivity index (χ0n) is 11.0. The van der Waals surface area contributed by atoms with Gasteiger partial charge in [0.15, 0.2) is 0 Å². The first-order chi connectivity index (χ1) is 7.90. The Kier molecular flexibility index (Phi) is 4.70. The summed E-state index contributed by atoms with van der Waals surface area (Å²) in [4.78, 5) is 12.8. The Morgan fingerprint density at radius 3 is 2.47 bits per heavy atom. The predicted octanol–water partition coefficient (Wildman–Crippen LogP) is 2.60. The van der Waals surface area contributed by atoms with Gasteiger partial charge in [-0.2, -0.15) is 0 Å². The molecule has 0 aliphatic carbocycles. The fourth-order valence-corrected chi connectivity index (χ4v) is 1.84. The van der Waals surface area contributed by atoms with E-state index in [2.05, 4.69) is 32.0 Å². The monoisotopic (exact) mass is 235 g/mol. The van der Waals surface area contributed by atoms with Crippen LogP contribution in [0.4, 0.5) is 0 Å². The summed E-state index contributed by atoms with van der Waals surface area (Å²) in [7, 11) is 0. The number of aliphatic carboxylic acids is 1. The van der Waals surface area contributed by atoms with E-state index in [9.17, 15) is 4.79 Å². The molecule has 0 aliphatic heterocycles. The molecule has 0 atom stereocenters. The SMILES string of the molecule is Cc1ccc(CN(CC(=O)O)C(C)C)c(C)c1. The quantitative estimate of drug-likeness (QED) is 0.852. The van der Waals surface area contributed by atoms with Gasteiger partial charge >= 0.3 is 5.97 Å². The van der Waals surface area contributed by atoms with E-state index in [0.29, 0.717) is 6.54 Å². The van der Waals surface area contributed by atoms with Crippen molar-refractivity contribution in [2.75, 3.05) is 6.54 Å². The zero-order chi connectivity index (χ0) is 13.0. The number of hydrogen-bond acceptors (Lipinski definition) is 2. The first-order valence-corrected chi connectivity index (χ1v) is 5.92. The number of carboxylic acids is 1. The second kappa shape index (κ2) is 5.82. The standard InChI is InChI=1S/C14H21NO2/c1-10(2)15(9-14(16)17)8-13-6-5-11(3)7-12(13)4/h5-7,10H,8-9H2,1-4H3,(H,16,17). The highest BCUT2D eigenvalue weighted by molar-refractivity contribution is 5.69. The number of aryl methyl sites for hydroxylation is 2. The van der Waals surface area contributed by atoms with Crippen LogP contribution >= 0.6 is 0 Å². The maximum Gasteiger partial charge on any atom is 0.317 e. The van der Waals surface area contributed by atoms with Gasteiger partial charge < -0.3 is 5.11 Å². The van der Waals surface area contributed by atoms with Crippen LogP contribution in [0.5, 0.6) is 0 Å². The predicted molar refractivity (Wildman–Crippen MR) is 69.1 cm³/mol. The summed E-state index contributed by atoms with van der Waals surface area (Å²) in [6, 6.07) is 6.52. The van der Waals surface area contributed by atoms with Crippen molar-refractivity contribution in [2.24, 2.45) is 0 Å². The van der Waals surface area contributed by atoms with Gasteiger partial charge in [-0.15, -0.1) is 0 Å². The summed E-state index contributed by atoms with van der Waals surface area (Å²) in [5.41, 5.74) is 3.66. The topological polar surface area (TPSA) is 40.5 Å². The molecule has 1 N–H and O–H groups in total. The fourth-order valence-electron chi connectivity index (χ4n) is 1.84. The van der Waals surface area contributed by atoms with Gasteiger partial charge in [0.05, 0.1) is 6.54 Å². The largest absolute Gasteiger partial charge is 0.480 e. The van der Waals surface area contributed by atoms with Crippen LogP contribution in [-0.2, 0) is 11.3 Å². The van der Waals surface area contributed by atoms with Crippen LogP contribution in [0.25, 0.3) is 0 Å². The van der Waals surface area contributed by atoms with Crippen molar-refractivity contribution >= 4 is 5.97 Å². The average molecular weight is 235 g/mol. The van der Waals surface area contributed by atoms with Gasteiger partial charge in [0.1, 0.15) is 0 Å². The lowest BCUT2D eigenvalue weighted by atomic mass is 10.0. The second-order valence-corrected chi connectivity index (χ2v) is 4.82. The summed E-state index contributed by atoms with van der Waals surface area (Å²) in [6.07, 6.45) is 0. The van der Waals surface area contributed by atoms with E-state index < -0.39 is 5.97 Å². The molecule has 0 amide bonds. The highest BCUT2D eigenvalue weighted by Gasteiger charge is 2.14. The van der Waals surface area contributed by atoms with Crippen molar-refractivity contribution < 1.29 is 9.90 Å². The molecule has 0 unspecified atom stereocenters. The molecule has 0 heterocycles. The molecule has 1 aromatic carbocycles. The molecule has 0 saturated heterocycles. The summed E-state index contributed by atoms with van der Waals surface area (Å²) in [5, 5.41) is 8.88. The Hall–Kier alpha value is -1.35. The molecule has 3 heteroatoms. The van der Waals surface area contributed by atoms with Gasteiger partial charge in [0.25, 0.3) is 0 Å². The van der Waals surface area contributed by atoms with E-state index in [4.69, 9.17) is 5.11 Å². The van der Waals surface area contributed by atoms with E-state index in [1.165, 1.54) is 16.7 Å². The molecule has 0 spiro atoms. The third kappa shape index (κ3) is 4.19.